The normalized spacial score (nSPS) is 13.1. The number of hydrogen-bond acceptors (Lipinski definition) is 6. The Bertz CT molecular complexity index is 1700. The van der Waals surface area contributed by atoms with Gasteiger partial charge in [0.15, 0.2) is 6.10 Å². The summed E-state index contributed by atoms with van der Waals surface area (Å²) in [6.07, 6.45) is 91.4. The van der Waals surface area contributed by atoms with Crippen LogP contribution in [0.5, 0.6) is 0 Å². The van der Waals surface area contributed by atoms with Crippen LogP contribution in [0.25, 0.3) is 0 Å². The van der Waals surface area contributed by atoms with Gasteiger partial charge in [-0.2, -0.15) is 0 Å². The van der Waals surface area contributed by atoms with Gasteiger partial charge in [-0.25, -0.2) is 0 Å². The van der Waals surface area contributed by atoms with Gasteiger partial charge in [-0.15, -0.1) is 0 Å². The zero-order chi connectivity index (χ0) is 55.7. The summed E-state index contributed by atoms with van der Waals surface area (Å²) in [6, 6.07) is 0. The van der Waals surface area contributed by atoms with Gasteiger partial charge < -0.3 is 14.2 Å². The Kier molecular flexibility index (Phi) is 59.9. The molecule has 0 bridgehead atoms. The van der Waals surface area contributed by atoms with E-state index in [0.717, 1.165) is 161 Å². The summed E-state index contributed by atoms with van der Waals surface area (Å²) < 4.78 is 16.8. The van der Waals surface area contributed by atoms with Crippen molar-refractivity contribution in [3.05, 3.63) is 146 Å². The molecule has 6 heteroatoms. The Morgan fingerprint density at radius 2 is 0.506 bits per heavy atom. The molecule has 0 heterocycles. The Balaban J connectivity index is 4.30. The lowest BCUT2D eigenvalue weighted by atomic mass is 10.1. The second-order valence-corrected chi connectivity index (χ2v) is 20.2. The molecule has 434 valence electrons. The van der Waals surface area contributed by atoms with Gasteiger partial charge in [0.25, 0.3) is 0 Å². The molecule has 0 amide bonds. The first-order valence-electron chi connectivity index (χ1n) is 31.3. The first-order chi connectivity index (χ1) is 38.0. The van der Waals surface area contributed by atoms with Gasteiger partial charge in [0.2, 0.25) is 0 Å². The van der Waals surface area contributed by atoms with Crippen molar-refractivity contribution in [2.75, 3.05) is 13.2 Å². The second-order valence-electron chi connectivity index (χ2n) is 20.2. The number of unbranched alkanes of at least 4 members (excludes halogenated alkanes) is 20. The third kappa shape index (κ3) is 62.0. The van der Waals surface area contributed by atoms with Crippen molar-refractivity contribution in [1.82, 2.24) is 0 Å². The minimum absolute atomic E-state index is 0.0983. The SMILES string of the molecule is CC/C=C\C/C=C\C/C=C\C/C=C\C/C=C\C/C=C\C/C=C\CCCCCCCCCCCC(=O)OCC(COC(=O)CCCCCCC/C=C\CCCC)OC(=O)CCCCCC/C=C\C/C=C\C/C=C\C/C=C\CC. The molecule has 0 aromatic heterocycles. The molecule has 0 fully saturated rings. The summed E-state index contributed by atoms with van der Waals surface area (Å²) >= 11 is 0. The Labute approximate surface area is 474 Å². The molecule has 0 N–H and O–H groups in total. The third-order valence-electron chi connectivity index (χ3n) is 12.8. The van der Waals surface area contributed by atoms with Crippen LogP contribution in [0.15, 0.2) is 146 Å². The number of allylic oxidation sites excluding steroid dienone is 24. The van der Waals surface area contributed by atoms with E-state index in [2.05, 4.69) is 167 Å². The Morgan fingerprint density at radius 3 is 0.805 bits per heavy atom. The molecule has 1 atom stereocenters. The minimum atomic E-state index is -0.802. The molecular weight excluding hydrogens is 949 g/mol. The zero-order valence-electron chi connectivity index (χ0n) is 49.7. The van der Waals surface area contributed by atoms with Crippen LogP contribution < -0.4 is 0 Å². The van der Waals surface area contributed by atoms with E-state index in [-0.39, 0.29) is 31.1 Å². The van der Waals surface area contributed by atoms with E-state index >= 15 is 0 Å². The highest BCUT2D eigenvalue weighted by Crippen LogP contribution is 2.14. The van der Waals surface area contributed by atoms with Crippen molar-refractivity contribution < 1.29 is 28.6 Å². The highest BCUT2D eigenvalue weighted by molar-refractivity contribution is 5.71. The number of rotatable bonds is 55. The topological polar surface area (TPSA) is 78.9 Å². The molecule has 0 rings (SSSR count). The van der Waals surface area contributed by atoms with Crippen molar-refractivity contribution >= 4 is 17.9 Å². The molecule has 77 heavy (non-hydrogen) atoms. The lowest BCUT2D eigenvalue weighted by Crippen LogP contribution is -2.30. The summed E-state index contributed by atoms with van der Waals surface area (Å²) in [6.45, 7) is 6.34. The molecule has 0 aliphatic carbocycles. The predicted octanol–water partition coefficient (Wildman–Crippen LogP) is 21.5. The van der Waals surface area contributed by atoms with E-state index in [9.17, 15) is 14.4 Å². The summed E-state index contributed by atoms with van der Waals surface area (Å²) in [5.41, 5.74) is 0. The van der Waals surface area contributed by atoms with Crippen molar-refractivity contribution in [2.45, 2.75) is 271 Å². The number of hydrogen-bond donors (Lipinski definition) is 0. The highest BCUT2D eigenvalue weighted by Gasteiger charge is 2.19. The molecular formula is C71H114O6. The average Bonchev–Trinajstić information content (AvgIpc) is 3.43. The number of esters is 3. The van der Waals surface area contributed by atoms with Gasteiger partial charge in [-0.05, 0) is 135 Å². The average molecular weight is 1060 g/mol. The lowest BCUT2D eigenvalue weighted by molar-refractivity contribution is -0.167. The molecule has 0 aromatic carbocycles. The second kappa shape index (κ2) is 63.8. The molecule has 1 unspecified atom stereocenters. The molecule has 0 saturated carbocycles. The van der Waals surface area contributed by atoms with E-state index in [4.69, 9.17) is 14.2 Å². The number of carbonyl (C=O) groups excluding carboxylic acids is 3. The minimum Gasteiger partial charge on any atom is -0.462 e. The molecule has 0 aliphatic heterocycles. The number of ether oxygens (including phenoxy) is 3. The van der Waals surface area contributed by atoms with Gasteiger partial charge in [-0.1, -0.05) is 256 Å². The van der Waals surface area contributed by atoms with E-state index in [1.165, 1.54) is 64.2 Å². The maximum Gasteiger partial charge on any atom is 0.306 e. The molecule has 0 spiro atoms. The summed E-state index contributed by atoms with van der Waals surface area (Å²) in [5, 5.41) is 0. The third-order valence-corrected chi connectivity index (χ3v) is 12.8. The van der Waals surface area contributed by atoms with Crippen LogP contribution in [0, 0.1) is 0 Å². The zero-order valence-corrected chi connectivity index (χ0v) is 49.7. The van der Waals surface area contributed by atoms with Gasteiger partial charge in [-0.3, -0.25) is 14.4 Å². The van der Waals surface area contributed by atoms with Gasteiger partial charge in [0.05, 0.1) is 0 Å². The van der Waals surface area contributed by atoms with E-state index in [1.807, 2.05) is 0 Å². The van der Waals surface area contributed by atoms with Crippen LogP contribution >= 0.6 is 0 Å². The predicted molar refractivity (Wildman–Crippen MR) is 334 cm³/mol. The standard InChI is InChI=1S/C71H114O6/c1-4-7-10-13-16-19-22-24-26-28-29-30-31-32-33-34-35-36-37-38-39-40-41-43-44-46-49-52-55-58-61-64-70(73)76-67-68(66-75-69(72)63-60-57-54-51-48-21-18-15-12-9-6-3)77-71(74)65-62-59-56-53-50-47-45-42-27-25-23-20-17-14-11-8-5-2/h7-8,10-11,15-20,24-27,29-30,32-33,35-36,38-39,45,47,68H,4-6,9,12-14,21-23,28,31,34,37,40-44,46,48-67H2,1-3H3/b10-7-,11-8-,18-15-,19-16-,20-17-,26-24-,27-25-,30-29-,33-32-,36-35-,39-38-,47-45-. The lowest BCUT2D eigenvalue weighted by Gasteiger charge is -2.18. The van der Waals surface area contributed by atoms with Crippen LogP contribution in [0.2, 0.25) is 0 Å². The largest absolute Gasteiger partial charge is 0.462 e. The van der Waals surface area contributed by atoms with E-state index in [0.29, 0.717) is 19.3 Å². The van der Waals surface area contributed by atoms with Crippen LogP contribution in [-0.2, 0) is 28.6 Å². The van der Waals surface area contributed by atoms with Crippen molar-refractivity contribution in [1.29, 1.82) is 0 Å². The first-order valence-corrected chi connectivity index (χ1v) is 31.3. The van der Waals surface area contributed by atoms with E-state index < -0.39 is 6.10 Å². The quantitative estimate of drug-likeness (QED) is 0.0261. The summed E-state index contributed by atoms with van der Waals surface area (Å²) in [7, 11) is 0. The fraction of sp³-hybridized carbons (Fsp3) is 0.620. The van der Waals surface area contributed by atoms with Crippen LogP contribution in [0.1, 0.15) is 265 Å². The Hall–Kier alpha value is -4.71. The van der Waals surface area contributed by atoms with Gasteiger partial charge in [0, 0.05) is 19.3 Å². The molecule has 0 aromatic rings. The van der Waals surface area contributed by atoms with Crippen LogP contribution in [0.3, 0.4) is 0 Å². The summed E-state index contributed by atoms with van der Waals surface area (Å²) in [5.74, 6) is -0.940. The van der Waals surface area contributed by atoms with Crippen LogP contribution in [0.4, 0.5) is 0 Å². The smallest absolute Gasteiger partial charge is 0.306 e. The Morgan fingerprint density at radius 1 is 0.273 bits per heavy atom. The fourth-order valence-electron chi connectivity index (χ4n) is 8.16. The van der Waals surface area contributed by atoms with Crippen LogP contribution in [-0.4, -0.2) is 37.2 Å². The van der Waals surface area contributed by atoms with Gasteiger partial charge >= 0.3 is 17.9 Å². The molecule has 0 radical (unpaired) electrons. The van der Waals surface area contributed by atoms with E-state index in [1.54, 1.807) is 0 Å². The number of carbonyl (C=O) groups is 3. The molecule has 0 saturated heterocycles. The monoisotopic (exact) mass is 1060 g/mol. The van der Waals surface area contributed by atoms with Gasteiger partial charge in [0.1, 0.15) is 13.2 Å². The van der Waals surface area contributed by atoms with Crippen molar-refractivity contribution in [3.63, 3.8) is 0 Å². The van der Waals surface area contributed by atoms with Crippen molar-refractivity contribution in [2.24, 2.45) is 0 Å². The first kappa shape index (κ1) is 72.3. The molecule has 6 nitrogen and oxygen atoms in total. The maximum atomic E-state index is 12.9. The fourth-order valence-corrected chi connectivity index (χ4v) is 8.16. The maximum absolute atomic E-state index is 12.9. The highest BCUT2D eigenvalue weighted by atomic mass is 16.6. The molecule has 0 aliphatic rings. The van der Waals surface area contributed by atoms with Crippen molar-refractivity contribution in [3.8, 4) is 0 Å². The summed E-state index contributed by atoms with van der Waals surface area (Å²) in [4.78, 5) is 38.2.